The fourth-order valence-corrected chi connectivity index (χ4v) is 1.91. The molecule has 27 heavy (non-hydrogen) atoms. The number of carbonyl (C=O) groups is 2. The summed E-state index contributed by atoms with van der Waals surface area (Å²) >= 11 is 0. The van der Waals surface area contributed by atoms with Crippen LogP contribution in [0.2, 0.25) is 0 Å². The standard InChI is InChI=1S/C11H12O3.C10H10O3/c1-8(13)2-3-9-4-5-11(14)10(6-9)7-12;1-7(11)2-3-8-4-5-9(12)10(13)6-8/h2-6,12,14H,7H2,1H3;2-6,12-13H,1H3/b2*3-2+. The average molecular weight is 370 g/mol. The van der Waals surface area contributed by atoms with E-state index < -0.39 is 0 Å². The zero-order chi connectivity index (χ0) is 20.4. The molecule has 0 radical (unpaired) electrons. The van der Waals surface area contributed by atoms with E-state index in [1.807, 2.05) is 0 Å². The minimum absolute atomic E-state index is 0.0383. The highest BCUT2D eigenvalue weighted by Crippen LogP contribution is 2.25. The second-order valence-electron chi connectivity index (χ2n) is 5.68. The van der Waals surface area contributed by atoms with Crippen LogP contribution in [0.4, 0.5) is 0 Å². The highest BCUT2D eigenvalue weighted by atomic mass is 16.3. The van der Waals surface area contributed by atoms with Gasteiger partial charge in [0.2, 0.25) is 0 Å². The maximum Gasteiger partial charge on any atom is 0.157 e. The van der Waals surface area contributed by atoms with Gasteiger partial charge in [0.1, 0.15) is 5.75 Å². The number of allylic oxidation sites excluding steroid dienone is 2. The van der Waals surface area contributed by atoms with Crippen LogP contribution in [-0.2, 0) is 16.2 Å². The molecule has 0 saturated carbocycles. The summed E-state index contributed by atoms with van der Waals surface area (Å²) in [6, 6.07) is 9.16. The van der Waals surface area contributed by atoms with Gasteiger partial charge in [-0.25, -0.2) is 0 Å². The Morgan fingerprint density at radius 2 is 1.26 bits per heavy atom. The Bertz CT molecular complexity index is 865. The van der Waals surface area contributed by atoms with Crippen molar-refractivity contribution in [2.24, 2.45) is 0 Å². The van der Waals surface area contributed by atoms with Gasteiger partial charge in [0.25, 0.3) is 0 Å². The number of aliphatic hydroxyl groups is 1. The van der Waals surface area contributed by atoms with Crippen molar-refractivity contribution < 1.29 is 30.0 Å². The van der Waals surface area contributed by atoms with Crippen molar-refractivity contribution in [3.8, 4) is 17.2 Å². The third-order valence-electron chi connectivity index (χ3n) is 3.29. The lowest BCUT2D eigenvalue weighted by molar-refractivity contribution is -0.113. The highest BCUT2D eigenvalue weighted by molar-refractivity contribution is 5.92. The Balaban J connectivity index is 0.000000271. The maximum atomic E-state index is 10.7. The van der Waals surface area contributed by atoms with Gasteiger partial charge in [0.05, 0.1) is 6.61 Å². The van der Waals surface area contributed by atoms with Crippen molar-refractivity contribution in [2.75, 3.05) is 0 Å². The quantitative estimate of drug-likeness (QED) is 0.475. The summed E-state index contributed by atoms with van der Waals surface area (Å²) in [6.45, 7) is 2.69. The van der Waals surface area contributed by atoms with Crippen molar-refractivity contribution in [3.05, 3.63) is 65.2 Å². The molecule has 0 spiro atoms. The van der Waals surface area contributed by atoms with Crippen LogP contribution in [0, 0.1) is 0 Å². The predicted molar refractivity (Wildman–Crippen MR) is 103 cm³/mol. The first-order chi connectivity index (χ1) is 12.7. The topological polar surface area (TPSA) is 115 Å². The van der Waals surface area contributed by atoms with Crippen molar-refractivity contribution >= 4 is 23.7 Å². The van der Waals surface area contributed by atoms with E-state index in [9.17, 15) is 14.7 Å². The molecule has 0 atom stereocenters. The molecule has 0 aliphatic rings. The lowest BCUT2D eigenvalue weighted by Crippen LogP contribution is -1.86. The maximum absolute atomic E-state index is 10.7. The van der Waals surface area contributed by atoms with E-state index in [0.29, 0.717) is 11.1 Å². The number of hydrogen-bond donors (Lipinski definition) is 4. The van der Waals surface area contributed by atoms with E-state index in [4.69, 9.17) is 15.3 Å². The number of hydrogen-bond acceptors (Lipinski definition) is 6. The molecule has 4 N–H and O–H groups in total. The Morgan fingerprint density at radius 3 is 1.70 bits per heavy atom. The molecular weight excluding hydrogens is 348 g/mol. The zero-order valence-electron chi connectivity index (χ0n) is 15.1. The summed E-state index contributed by atoms with van der Waals surface area (Å²) in [4.78, 5) is 21.2. The van der Waals surface area contributed by atoms with E-state index >= 15 is 0 Å². The average Bonchev–Trinajstić information content (AvgIpc) is 2.62. The largest absolute Gasteiger partial charge is 0.508 e. The molecule has 2 rings (SSSR count). The Labute approximate surface area is 157 Å². The molecule has 0 aromatic heterocycles. The van der Waals surface area contributed by atoms with E-state index in [1.165, 1.54) is 44.2 Å². The highest BCUT2D eigenvalue weighted by Gasteiger charge is 1.99. The minimum Gasteiger partial charge on any atom is -0.508 e. The van der Waals surface area contributed by atoms with Crippen molar-refractivity contribution in [1.29, 1.82) is 0 Å². The summed E-state index contributed by atoms with van der Waals surface area (Å²) in [7, 11) is 0. The molecule has 142 valence electrons. The predicted octanol–water partition coefficient (Wildman–Crippen LogP) is 3.19. The van der Waals surface area contributed by atoms with Crippen LogP contribution in [0.25, 0.3) is 12.2 Å². The second kappa shape index (κ2) is 10.6. The summed E-state index contributed by atoms with van der Waals surface area (Å²) in [6.07, 6.45) is 6.04. The van der Waals surface area contributed by atoms with Gasteiger partial charge >= 0.3 is 0 Å². The van der Waals surface area contributed by atoms with E-state index in [-0.39, 0.29) is 35.4 Å². The van der Waals surface area contributed by atoms with Gasteiger partial charge in [-0.05, 0) is 61.4 Å². The zero-order valence-corrected chi connectivity index (χ0v) is 15.1. The number of benzene rings is 2. The first-order valence-corrected chi connectivity index (χ1v) is 8.05. The molecule has 2 aromatic rings. The molecule has 0 amide bonds. The smallest absolute Gasteiger partial charge is 0.157 e. The first-order valence-electron chi connectivity index (χ1n) is 8.05. The molecule has 0 aliphatic heterocycles. The normalized spacial score (nSPS) is 10.6. The third-order valence-corrected chi connectivity index (χ3v) is 3.29. The number of aliphatic hydroxyl groups excluding tert-OH is 1. The number of rotatable bonds is 5. The first kappa shape index (κ1) is 21.7. The Hall–Kier alpha value is -3.38. The molecule has 0 saturated heterocycles. The number of phenolic OH excluding ortho intramolecular Hbond substituents is 2. The van der Waals surface area contributed by atoms with Gasteiger partial charge in [-0.1, -0.05) is 24.3 Å². The van der Waals surface area contributed by atoms with Crippen molar-refractivity contribution in [2.45, 2.75) is 20.5 Å². The summed E-state index contributed by atoms with van der Waals surface area (Å²) < 4.78 is 0. The molecular formula is C21H22O6. The van der Waals surface area contributed by atoms with Gasteiger partial charge in [-0.3, -0.25) is 9.59 Å². The fourth-order valence-electron chi connectivity index (χ4n) is 1.91. The van der Waals surface area contributed by atoms with E-state index in [2.05, 4.69) is 0 Å². The van der Waals surface area contributed by atoms with Crippen LogP contribution >= 0.6 is 0 Å². The minimum atomic E-state index is -0.215. The summed E-state index contributed by atoms with van der Waals surface area (Å²) in [5.41, 5.74) is 1.91. The van der Waals surface area contributed by atoms with Crippen molar-refractivity contribution in [3.63, 3.8) is 0 Å². The molecule has 0 fully saturated rings. The molecule has 6 heteroatoms. The van der Waals surface area contributed by atoms with Crippen LogP contribution in [0.3, 0.4) is 0 Å². The number of carbonyl (C=O) groups excluding carboxylic acids is 2. The molecule has 0 aliphatic carbocycles. The molecule has 2 aromatic carbocycles. The third kappa shape index (κ3) is 8.02. The van der Waals surface area contributed by atoms with E-state index in [1.54, 1.807) is 30.4 Å². The molecule has 0 unspecified atom stereocenters. The second-order valence-corrected chi connectivity index (χ2v) is 5.68. The SMILES string of the molecule is CC(=O)/C=C/c1ccc(O)c(CO)c1.CC(=O)/C=C/c1ccc(O)c(O)c1. The fraction of sp³-hybridized carbons (Fsp3) is 0.143. The number of ketones is 2. The van der Waals surface area contributed by atoms with Crippen LogP contribution in [-0.4, -0.2) is 32.0 Å². The van der Waals surface area contributed by atoms with Crippen LogP contribution < -0.4 is 0 Å². The molecule has 0 heterocycles. The Morgan fingerprint density at radius 1 is 0.778 bits per heavy atom. The lowest BCUT2D eigenvalue weighted by atomic mass is 10.1. The monoisotopic (exact) mass is 370 g/mol. The number of phenols is 3. The number of aromatic hydroxyl groups is 3. The Kier molecular flexibility index (Phi) is 8.48. The van der Waals surface area contributed by atoms with Crippen LogP contribution in [0.15, 0.2) is 48.6 Å². The van der Waals surface area contributed by atoms with Gasteiger partial charge in [0, 0.05) is 5.56 Å². The van der Waals surface area contributed by atoms with Gasteiger partial charge in [-0.2, -0.15) is 0 Å². The molecule has 6 nitrogen and oxygen atoms in total. The summed E-state index contributed by atoms with van der Waals surface area (Å²) in [5, 5.41) is 36.2. The molecule has 0 bridgehead atoms. The van der Waals surface area contributed by atoms with Crippen LogP contribution in [0.1, 0.15) is 30.5 Å². The van der Waals surface area contributed by atoms with Crippen LogP contribution in [0.5, 0.6) is 17.2 Å². The van der Waals surface area contributed by atoms with E-state index in [0.717, 1.165) is 5.56 Å². The summed E-state index contributed by atoms with van der Waals surface area (Å²) in [5.74, 6) is -0.394. The van der Waals surface area contributed by atoms with Gasteiger partial charge in [0.15, 0.2) is 23.1 Å². The van der Waals surface area contributed by atoms with Gasteiger partial charge < -0.3 is 20.4 Å². The van der Waals surface area contributed by atoms with Crippen molar-refractivity contribution in [1.82, 2.24) is 0 Å². The van der Waals surface area contributed by atoms with Gasteiger partial charge in [-0.15, -0.1) is 0 Å². The lowest BCUT2D eigenvalue weighted by Gasteiger charge is -2.01.